The minimum absolute atomic E-state index is 0.0922. The van der Waals surface area contributed by atoms with Crippen molar-refractivity contribution in [2.45, 2.75) is 6.10 Å². The van der Waals surface area contributed by atoms with E-state index in [1.165, 1.54) is 84.3 Å². The van der Waals surface area contributed by atoms with E-state index < -0.39 is 36.0 Å². The van der Waals surface area contributed by atoms with E-state index in [1.54, 1.807) is 0 Å². The van der Waals surface area contributed by atoms with Crippen molar-refractivity contribution in [1.29, 1.82) is 0 Å². The molecule has 0 saturated heterocycles. The standard InChI is InChI=1S/C41H33N3O12S/c1-4-36(45)51-24-32(54-38(47)6-3)23-50-29-15-11-27(12-16-29)40(49)56-34-20-19-31(21-28(34)22-42-44-41-43-33-9-7-8-10-35(33)57-41)55-39(48)26-13-17-30(18-14-26)52-25-53-37(46)5-2/h4-22,32H,1-3,23-25H2,(H,43,44)/b42-22+. The number of benzene rings is 4. The lowest BCUT2D eigenvalue weighted by Crippen LogP contribution is -2.30. The van der Waals surface area contributed by atoms with Crippen molar-refractivity contribution in [3.05, 3.63) is 146 Å². The van der Waals surface area contributed by atoms with Gasteiger partial charge in [-0.05, 0) is 78.9 Å². The molecule has 4 aromatic carbocycles. The minimum Gasteiger partial charge on any atom is -0.490 e. The van der Waals surface area contributed by atoms with Crippen LogP contribution in [0.25, 0.3) is 10.2 Å². The molecule has 1 unspecified atom stereocenters. The first-order chi connectivity index (χ1) is 27.6. The molecule has 0 saturated carbocycles. The lowest BCUT2D eigenvalue weighted by molar-refractivity contribution is -0.154. The topological polar surface area (TPSA) is 187 Å². The van der Waals surface area contributed by atoms with E-state index in [4.69, 9.17) is 33.2 Å². The molecule has 0 aliphatic rings. The molecule has 0 radical (unpaired) electrons. The highest BCUT2D eigenvalue weighted by molar-refractivity contribution is 7.22. The van der Waals surface area contributed by atoms with Crippen molar-refractivity contribution in [1.82, 2.24) is 4.98 Å². The summed E-state index contributed by atoms with van der Waals surface area (Å²) in [6.07, 6.45) is 3.38. The Bertz CT molecular complexity index is 2270. The fraction of sp³-hybridized carbons (Fsp3) is 0.0976. The van der Waals surface area contributed by atoms with Crippen molar-refractivity contribution in [2.24, 2.45) is 5.10 Å². The number of aromatic nitrogens is 1. The Kier molecular flexibility index (Phi) is 14.4. The summed E-state index contributed by atoms with van der Waals surface area (Å²) in [5.41, 5.74) is 4.30. The fourth-order valence-electron chi connectivity index (χ4n) is 4.53. The normalized spacial score (nSPS) is 11.1. The van der Waals surface area contributed by atoms with E-state index in [0.29, 0.717) is 16.6 Å². The molecule has 0 fully saturated rings. The SMILES string of the molecule is C=CC(=O)OCOc1ccc(C(=O)Oc2ccc(OC(=O)c3ccc(OCC(COC(=O)C=C)OC(=O)C=C)cc3)c(/C=N/Nc3nc4ccccc4s3)c2)cc1. The summed E-state index contributed by atoms with van der Waals surface area (Å²) >= 11 is 1.39. The zero-order chi connectivity index (χ0) is 40.6. The van der Waals surface area contributed by atoms with Gasteiger partial charge in [-0.2, -0.15) is 5.10 Å². The first-order valence-electron chi connectivity index (χ1n) is 16.7. The van der Waals surface area contributed by atoms with Gasteiger partial charge in [0, 0.05) is 23.8 Å². The van der Waals surface area contributed by atoms with Gasteiger partial charge in [0.1, 0.15) is 36.2 Å². The number of fused-ring (bicyclic) bond motifs is 1. The zero-order valence-electron chi connectivity index (χ0n) is 30.0. The molecule has 5 rings (SSSR count). The number of para-hydroxylation sites is 1. The maximum Gasteiger partial charge on any atom is 0.343 e. The van der Waals surface area contributed by atoms with Crippen LogP contribution in [0, 0.1) is 0 Å². The third kappa shape index (κ3) is 12.2. The van der Waals surface area contributed by atoms with Gasteiger partial charge < -0.3 is 33.2 Å². The third-order valence-corrected chi connectivity index (χ3v) is 8.23. The van der Waals surface area contributed by atoms with Crippen molar-refractivity contribution in [3.8, 4) is 23.0 Å². The van der Waals surface area contributed by atoms with Crippen LogP contribution in [-0.2, 0) is 28.6 Å². The van der Waals surface area contributed by atoms with Crippen LogP contribution in [0.2, 0.25) is 0 Å². The van der Waals surface area contributed by atoms with E-state index in [0.717, 1.165) is 28.4 Å². The smallest absolute Gasteiger partial charge is 0.343 e. The monoisotopic (exact) mass is 791 g/mol. The highest BCUT2D eigenvalue weighted by atomic mass is 32.1. The lowest BCUT2D eigenvalue weighted by Gasteiger charge is -2.17. The van der Waals surface area contributed by atoms with Crippen molar-refractivity contribution >= 4 is 62.7 Å². The number of rotatable bonds is 19. The van der Waals surface area contributed by atoms with Gasteiger partial charge in [0.15, 0.2) is 6.10 Å². The first-order valence-corrected chi connectivity index (χ1v) is 17.6. The second-order valence-electron chi connectivity index (χ2n) is 11.2. The Morgan fingerprint density at radius 3 is 1.98 bits per heavy atom. The van der Waals surface area contributed by atoms with Gasteiger partial charge in [-0.15, -0.1) is 0 Å². The zero-order valence-corrected chi connectivity index (χ0v) is 30.8. The molecule has 290 valence electrons. The average molecular weight is 792 g/mol. The highest BCUT2D eigenvalue weighted by Crippen LogP contribution is 2.27. The van der Waals surface area contributed by atoms with Crippen LogP contribution in [0.3, 0.4) is 0 Å². The summed E-state index contributed by atoms with van der Waals surface area (Å²) in [4.78, 5) is 65.2. The van der Waals surface area contributed by atoms with E-state index in [1.807, 2.05) is 24.3 Å². The van der Waals surface area contributed by atoms with Crippen molar-refractivity contribution in [2.75, 3.05) is 25.4 Å². The van der Waals surface area contributed by atoms with E-state index >= 15 is 0 Å². The number of esters is 5. The Morgan fingerprint density at radius 2 is 1.32 bits per heavy atom. The number of carbonyl (C=O) groups is 5. The van der Waals surface area contributed by atoms with Crippen LogP contribution in [0.5, 0.6) is 23.0 Å². The van der Waals surface area contributed by atoms with Gasteiger partial charge >= 0.3 is 29.8 Å². The van der Waals surface area contributed by atoms with Crippen molar-refractivity contribution in [3.63, 3.8) is 0 Å². The quantitative estimate of drug-likeness (QED) is 0.0183. The van der Waals surface area contributed by atoms with Crippen LogP contribution >= 0.6 is 11.3 Å². The molecule has 15 nitrogen and oxygen atoms in total. The maximum atomic E-state index is 13.3. The number of thiazole rings is 1. The molecule has 1 aromatic heterocycles. The molecule has 0 spiro atoms. The van der Waals surface area contributed by atoms with Gasteiger partial charge in [-0.3, -0.25) is 5.43 Å². The first kappa shape index (κ1) is 40.6. The van der Waals surface area contributed by atoms with Gasteiger partial charge in [0.2, 0.25) is 11.9 Å². The van der Waals surface area contributed by atoms with Crippen LogP contribution in [0.1, 0.15) is 26.3 Å². The Hall–Kier alpha value is -7.59. The summed E-state index contributed by atoms with van der Waals surface area (Å²) in [5, 5.41) is 4.80. The number of hydrazone groups is 1. The van der Waals surface area contributed by atoms with Gasteiger partial charge in [0.05, 0.1) is 27.6 Å². The van der Waals surface area contributed by atoms with Gasteiger partial charge in [-0.1, -0.05) is 43.2 Å². The third-order valence-electron chi connectivity index (χ3n) is 7.29. The van der Waals surface area contributed by atoms with E-state index in [9.17, 15) is 24.0 Å². The van der Waals surface area contributed by atoms with Crippen LogP contribution < -0.4 is 24.4 Å². The molecule has 0 aliphatic heterocycles. The number of ether oxygens (including phenoxy) is 7. The minimum atomic E-state index is -0.947. The molecule has 1 heterocycles. The van der Waals surface area contributed by atoms with Gasteiger partial charge in [0.25, 0.3) is 0 Å². The van der Waals surface area contributed by atoms with E-state index in [-0.39, 0.29) is 48.2 Å². The Balaban J connectivity index is 1.27. The van der Waals surface area contributed by atoms with Gasteiger partial charge in [-0.25, -0.2) is 29.0 Å². The van der Waals surface area contributed by atoms with E-state index in [2.05, 4.69) is 35.2 Å². The van der Waals surface area contributed by atoms with Crippen LogP contribution in [-0.4, -0.2) is 67.2 Å². The number of hydrogen-bond acceptors (Lipinski definition) is 16. The summed E-state index contributed by atoms with van der Waals surface area (Å²) in [6, 6.07) is 23.8. The number of nitrogens with zero attached hydrogens (tertiary/aromatic N) is 2. The predicted molar refractivity (Wildman–Crippen MR) is 209 cm³/mol. The molecule has 1 N–H and O–H groups in total. The second kappa shape index (κ2) is 20.2. The summed E-state index contributed by atoms with van der Waals surface area (Å²) in [6.45, 7) is 9.19. The number of hydrogen-bond donors (Lipinski definition) is 1. The largest absolute Gasteiger partial charge is 0.490 e. The lowest BCUT2D eigenvalue weighted by atomic mass is 10.2. The molecule has 1 atom stereocenters. The molecule has 5 aromatic rings. The molecular formula is C41H33N3O12S. The molecule has 0 amide bonds. The number of anilines is 1. The predicted octanol–water partition coefficient (Wildman–Crippen LogP) is 6.45. The fourth-order valence-corrected chi connectivity index (χ4v) is 5.34. The molecule has 57 heavy (non-hydrogen) atoms. The van der Waals surface area contributed by atoms with Crippen molar-refractivity contribution < 1.29 is 57.1 Å². The number of nitrogens with one attached hydrogen (secondary N) is 1. The number of carbonyl (C=O) groups excluding carboxylic acids is 5. The Labute approximate surface area is 329 Å². The Morgan fingerprint density at radius 1 is 0.702 bits per heavy atom. The average Bonchev–Trinajstić information content (AvgIpc) is 3.65. The summed E-state index contributed by atoms with van der Waals surface area (Å²) < 4.78 is 38.2. The van der Waals surface area contributed by atoms with Crippen LogP contribution in [0.15, 0.2) is 134 Å². The second-order valence-corrected chi connectivity index (χ2v) is 12.3. The van der Waals surface area contributed by atoms with Crippen LogP contribution in [0.4, 0.5) is 5.13 Å². The molecule has 0 bridgehead atoms. The molecule has 16 heteroatoms. The summed E-state index contributed by atoms with van der Waals surface area (Å²) in [5.74, 6) is -2.61. The maximum absolute atomic E-state index is 13.3. The molecule has 0 aliphatic carbocycles. The highest BCUT2D eigenvalue weighted by Gasteiger charge is 2.18. The molecular weight excluding hydrogens is 759 g/mol. The summed E-state index contributed by atoms with van der Waals surface area (Å²) in [7, 11) is 0.